The van der Waals surface area contributed by atoms with Crippen molar-refractivity contribution >= 4 is 51.6 Å². The Balaban J connectivity index is 0.00000280. The van der Waals surface area contributed by atoms with Crippen molar-refractivity contribution in [1.29, 1.82) is 0 Å². The molecular weight excluding hydrogens is 531 g/mol. The number of aliphatic hydroxyl groups excluding tert-OH is 1. The third-order valence-electron chi connectivity index (χ3n) is 4.76. The van der Waals surface area contributed by atoms with Gasteiger partial charge in [-0.15, -0.1) is 24.0 Å². The number of aliphatic imine (C=N–C) groups is 1. The van der Waals surface area contributed by atoms with Gasteiger partial charge in [-0.25, -0.2) is 4.99 Å². The van der Waals surface area contributed by atoms with E-state index in [2.05, 4.69) is 62.7 Å². The van der Waals surface area contributed by atoms with Crippen LogP contribution in [0.25, 0.3) is 0 Å². The van der Waals surface area contributed by atoms with Crippen molar-refractivity contribution in [2.24, 2.45) is 4.99 Å². The van der Waals surface area contributed by atoms with Gasteiger partial charge in [-0.3, -0.25) is 0 Å². The molecule has 1 fully saturated rings. The zero-order valence-electron chi connectivity index (χ0n) is 16.1. The summed E-state index contributed by atoms with van der Waals surface area (Å²) in [6, 6.07) is 16.7. The molecule has 1 heterocycles. The Labute approximate surface area is 192 Å². The molecule has 1 aliphatic heterocycles. The number of hydrogen-bond donors (Lipinski definition) is 3. The Morgan fingerprint density at radius 3 is 2.57 bits per heavy atom. The normalized spacial score (nSPS) is 16.6. The van der Waals surface area contributed by atoms with Gasteiger partial charge in [0.25, 0.3) is 0 Å². The largest absolute Gasteiger partial charge is 0.392 e. The van der Waals surface area contributed by atoms with E-state index in [0.29, 0.717) is 12.6 Å². The summed E-state index contributed by atoms with van der Waals surface area (Å²) in [7, 11) is 0. The van der Waals surface area contributed by atoms with E-state index in [9.17, 15) is 5.11 Å². The maximum absolute atomic E-state index is 9.48. The fourth-order valence-electron chi connectivity index (χ4n) is 3.31. The number of hydrogen-bond acceptors (Lipinski definition) is 3. The van der Waals surface area contributed by atoms with Crippen molar-refractivity contribution in [1.82, 2.24) is 10.6 Å². The zero-order chi connectivity index (χ0) is 19.1. The number of anilines is 1. The first-order valence-electron chi connectivity index (χ1n) is 9.42. The van der Waals surface area contributed by atoms with Crippen LogP contribution in [0.15, 0.2) is 58.0 Å². The molecular formula is C21H28BrIN4O. The first-order valence-corrected chi connectivity index (χ1v) is 10.2. The second-order valence-electron chi connectivity index (χ2n) is 6.67. The molecule has 0 spiro atoms. The summed E-state index contributed by atoms with van der Waals surface area (Å²) in [5.74, 6) is 0.827. The maximum atomic E-state index is 9.48. The van der Waals surface area contributed by atoms with Crippen LogP contribution in [0.3, 0.4) is 0 Å². The summed E-state index contributed by atoms with van der Waals surface area (Å²) in [6.07, 6.45) is 1.08. The van der Waals surface area contributed by atoms with Crippen LogP contribution >= 0.6 is 39.9 Å². The first-order chi connectivity index (χ1) is 13.2. The van der Waals surface area contributed by atoms with Crippen LogP contribution in [0.2, 0.25) is 0 Å². The average molecular weight is 559 g/mol. The Bertz CT molecular complexity index is 769. The highest BCUT2D eigenvalue weighted by molar-refractivity contribution is 14.0. The van der Waals surface area contributed by atoms with E-state index in [1.54, 1.807) is 0 Å². The SMILES string of the molecule is CCNC(=NCc1ccccc1CO)NC1CCN(c2ccc(Br)cc2)C1.I. The van der Waals surface area contributed by atoms with Gasteiger partial charge in [0.2, 0.25) is 0 Å². The quantitative estimate of drug-likeness (QED) is 0.286. The maximum Gasteiger partial charge on any atom is 0.191 e. The number of halogens is 2. The first kappa shape index (κ1) is 23.0. The zero-order valence-corrected chi connectivity index (χ0v) is 20.0. The summed E-state index contributed by atoms with van der Waals surface area (Å²) in [6.45, 7) is 5.47. The van der Waals surface area contributed by atoms with E-state index in [-0.39, 0.29) is 30.6 Å². The number of aliphatic hydroxyl groups is 1. The van der Waals surface area contributed by atoms with Crippen LogP contribution in [-0.4, -0.2) is 36.7 Å². The van der Waals surface area contributed by atoms with Gasteiger partial charge in [-0.2, -0.15) is 0 Å². The van der Waals surface area contributed by atoms with Gasteiger partial charge in [0.15, 0.2) is 5.96 Å². The molecule has 0 aromatic heterocycles. The molecule has 152 valence electrons. The number of guanidine groups is 1. The van der Waals surface area contributed by atoms with Crippen LogP contribution < -0.4 is 15.5 Å². The predicted molar refractivity (Wildman–Crippen MR) is 130 cm³/mol. The smallest absolute Gasteiger partial charge is 0.191 e. The molecule has 0 bridgehead atoms. The summed E-state index contributed by atoms with van der Waals surface area (Å²) in [5, 5.41) is 16.4. The van der Waals surface area contributed by atoms with Gasteiger partial charge in [0.05, 0.1) is 13.2 Å². The van der Waals surface area contributed by atoms with Crippen LogP contribution in [0.5, 0.6) is 0 Å². The monoisotopic (exact) mass is 558 g/mol. The van der Waals surface area contributed by atoms with Crippen LogP contribution in [0.4, 0.5) is 5.69 Å². The third-order valence-corrected chi connectivity index (χ3v) is 5.29. The van der Waals surface area contributed by atoms with Gasteiger partial charge in [0, 0.05) is 35.8 Å². The molecule has 2 aromatic carbocycles. The standard InChI is InChI=1S/C21H27BrN4O.HI/c1-2-23-21(24-13-16-5-3-4-6-17(16)15-27)25-19-11-12-26(14-19)20-9-7-18(22)8-10-20;/h3-10,19,27H,2,11-15H2,1H3,(H2,23,24,25);1H. The Morgan fingerprint density at radius 1 is 1.18 bits per heavy atom. The minimum absolute atomic E-state index is 0. The number of rotatable bonds is 6. The van der Waals surface area contributed by atoms with E-state index in [0.717, 1.165) is 47.6 Å². The summed E-state index contributed by atoms with van der Waals surface area (Å²) in [4.78, 5) is 7.12. The van der Waals surface area contributed by atoms with E-state index < -0.39 is 0 Å². The van der Waals surface area contributed by atoms with Crippen LogP contribution in [0.1, 0.15) is 24.5 Å². The summed E-state index contributed by atoms with van der Waals surface area (Å²) in [5.41, 5.74) is 3.24. The highest BCUT2D eigenvalue weighted by Crippen LogP contribution is 2.22. The van der Waals surface area contributed by atoms with Gasteiger partial charge < -0.3 is 20.6 Å². The van der Waals surface area contributed by atoms with E-state index in [1.807, 2.05) is 24.3 Å². The fraction of sp³-hybridized carbons (Fsp3) is 0.381. The van der Waals surface area contributed by atoms with Crippen molar-refractivity contribution in [3.05, 3.63) is 64.1 Å². The second kappa shape index (κ2) is 11.6. The van der Waals surface area contributed by atoms with Crippen LogP contribution in [-0.2, 0) is 13.2 Å². The Kier molecular flexibility index (Phi) is 9.53. The van der Waals surface area contributed by atoms with Gasteiger partial charge in [-0.1, -0.05) is 40.2 Å². The average Bonchev–Trinajstić information content (AvgIpc) is 3.15. The molecule has 1 aliphatic rings. The molecule has 5 nitrogen and oxygen atoms in total. The van der Waals surface area contributed by atoms with Gasteiger partial charge in [-0.05, 0) is 48.7 Å². The second-order valence-corrected chi connectivity index (χ2v) is 7.59. The third kappa shape index (κ3) is 6.35. The number of nitrogens with one attached hydrogen (secondary N) is 2. The molecule has 7 heteroatoms. The Morgan fingerprint density at radius 2 is 1.89 bits per heavy atom. The lowest BCUT2D eigenvalue weighted by Gasteiger charge is -2.20. The molecule has 0 aliphatic carbocycles. The molecule has 0 radical (unpaired) electrons. The molecule has 2 aromatic rings. The minimum atomic E-state index is 0. The van der Waals surface area contributed by atoms with E-state index in [1.165, 1.54) is 5.69 Å². The topological polar surface area (TPSA) is 59.9 Å². The van der Waals surface area contributed by atoms with Crippen LogP contribution in [0, 0.1) is 0 Å². The highest BCUT2D eigenvalue weighted by atomic mass is 127. The molecule has 1 atom stereocenters. The van der Waals surface area contributed by atoms with Crippen molar-refractivity contribution in [2.75, 3.05) is 24.5 Å². The van der Waals surface area contributed by atoms with Crippen molar-refractivity contribution in [3.63, 3.8) is 0 Å². The van der Waals surface area contributed by atoms with Crippen molar-refractivity contribution in [2.45, 2.75) is 32.5 Å². The van der Waals surface area contributed by atoms with E-state index in [4.69, 9.17) is 4.99 Å². The fourth-order valence-corrected chi connectivity index (χ4v) is 3.57. The summed E-state index contributed by atoms with van der Waals surface area (Å²) < 4.78 is 1.10. The number of nitrogens with zero attached hydrogens (tertiary/aromatic N) is 2. The lowest BCUT2D eigenvalue weighted by Crippen LogP contribution is -2.44. The van der Waals surface area contributed by atoms with E-state index >= 15 is 0 Å². The highest BCUT2D eigenvalue weighted by Gasteiger charge is 2.23. The molecule has 1 saturated heterocycles. The lowest BCUT2D eigenvalue weighted by molar-refractivity contribution is 0.280. The van der Waals surface area contributed by atoms with Gasteiger partial charge in [0.1, 0.15) is 0 Å². The molecule has 1 unspecified atom stereocenters. The van der Waals surface area contributed by atoms with Crippen molar-refractivity contribution < 1.29 is 5.11 Å². The van der Waals surface area contributed by atoms with Crippen molar-refractivity contribution in [3.8, 4) is 0 Å². The Hall–Kier alpha value is -1.32. The lowest BCUT2D eigenvalue weighted by atomic mass is 10.1. The molecule has 0 saturated carbocycles. The van der Waals surface area contributed by atoms with Gasteiger partial charge >= 0.3 is 0 Å². The molecule has 28 heavy (non-hydrogen) atoms. The number of benzene rings is 2. The predicted octanol–water partition coefficient (Wildman–Crippen LogP) is 3.89. The molecule has 0 amide bonds. The molecule has 3 N–H and O–H groups in total. The summed E-state index contributed by atoms with van der Waals surface area (Å²) >= 11 is 3.49. The molecule has 3 rings (SSSR count). The minimum Gasteiger partial charge on any atom is -0.392 e.